The Hall–Kier alpha value is -1.17. The van der Waals surface area contributed by atoms with Crippen LogP contribution in [-0.4, -0.2) is 45.1 Å². The Bertz CT molecular complexity index is 317. The molecule has 0 aliphatic heterocycles. The largest absolute Gasteiger partial charge is 0.490 e. The molecule has 0 spiro atoms. The predicted molar refractivity (Wildman–Crippen MR) is 74.4 cm³/mol. The van der Waals surface area contributed by atoms with Crippen molar-refractivity contribution in [3.63, 3.8) is 0 Å². The number of methoxy groups -OCH3 is 1. The van der Waals surface area contributed by atoms with Gasteiger partial charge >= 0.3 is 0 Å². The third-order valence-corrected chi connectivity index (χ3v) is 2.49. The van der Waals surface area contributed by atoms with E-state index >= 15 is 0 Å². The zero-order valence-corrected chi connectivity index (χ0v) is 11.9. The van der Waals surface area contributed by atoms with Crippen molar-refractivity contribution >= 4 is 0 Å². The Kier molecular flexibility index (Phi) is 8.97. The lowest BCUT2D eigenvalue weighted by molar-refractivity contribution is 0.0805. The molecule has 5 heteroatoms. The van der Waals surface area contributed by atoms with Crippen LogP contribution in [0.2, 0.25) is 0 Å². The Morgan fingerprint density at radius 1 is 1.16 bits per heavy atom. The van der Waals surface area contributed by atoms with Crippen LogP contribution in [0.3, 0.4) is 0 Å². The first kappa shape index (κ1) is 15.9. The second-order valence-corrected chi connectivity index (χ2v) is 4.07. The number of rotatable bonds is 11. The molecule has 1 rings (SSSR count). The number of hydrogen-bond donors (Lipinski definition) is 1. The van der Waals surface area contributed by atoms with Gasteiger partial charge in [0.2, 0.25) is 0 Å². The van der Waals surface area contributed by atoms with Crippen molar-refractivity contribution in [2.75, 3.05) is 40.1 Å². The number of nitrogens with zero attached hydrogens (tertiary/aromatic N) is 1. The minimum Gasteiger partial charge on any atom is -0.490 e. The molecule has 0 amide bonds. The van der Waals surface area contributed by atoms with Gasteiger partial charge in [0.15, 0.2) is 0 Å². The van der Waals surface area contributed by atoms with Gasteiger partial charge in [0.25, 0.3) is 0 Å². The van der Waals surface area contributed by atoms with E-state index in [-0.39, 0.29) is 0 Å². The molecule has 1 aromatic heterocycles. The maximum Gasteiger partial charge on any atom is 0.137 e. The Labute approximate surface area is 115 Å². The number of ether oxygens (including phenoxy) is 3. The molecule has 108 valence electrons. The molecular weight excluding hydrogens is 244 g/mol. The molecule has 19 heavy (non-hydrogen) atoms. The first-order chi connectivity index (χ1) is 9.36. The van der Waals surface area contributed by atoms with Gasteiger partial charge in [0.05, 0.1) is 18.5 Å². The molecule has 0 radical (unpaired) electrons. The second-order valence-electron chi connectivity index (χ2n) is 4.07. The Morgan fingerprint density at radius 3 is 2.74 bits per heavy atom. The SMILES string of the molecule is CCNCc1ccc(OCCOCCCOC)cn1. The van der Waals surface area contributed by atoms with Crippen LogP contribution in [0.5, 0.6) is 5.75 Å². The van der Waals surface area contributed by atoms with Gasteiger partial charge in [-0.3, -0.25) is 4.98 Å². The van der Waals surface area contributed by atoms with E-state index < -0.39 is 0 Å². The molecule has 1 aromatic rings. The van der Waals surface area contributed by atoms with Crippen molar-refractivity contribution in [3.05, 3.63) is 24.0 Å². The first-order valence-corrected chi connectivity index (χ1v) is 6.72. The highest BCUT2D eigenvalue weighted by atomic mass is 16.5. The lowest BCUT2D eigenvalue weighted by atomic mass is 10.3. The molecule has 0 aromatic carbocycles. The van der Waals surface area contributed by atoms with E-state index in [9.17, 15) is 0 Å². The fourth-order valence-electron chi connectivity index (χ4n) is 1.48. The molecule has 0 saturated heterocycles. The zero-order valence-electron chi connectivity index (χ0n) is 11.9. The fraction of sp³-hybridized carbons (Fsp3) is 0.643. The van der Waals surface area contributed by atoms with Crippen LogP contribution in [0.15, 0.2) is 18.3 Å². The van der Waals surface area contributed by atoms with Crippen LogP contribution in [0, 0.1) is 0 Å². The zero-order chi connectivity index (χ0) is 13.8. The second kappa shape index (κ2) is 10.7. The predicted octanol–water partition coefficient (Wildman–Crippen LogP) is 1.62. The Morgan fingerprint density at radius 2 is 2.05 bits per heavy atom. The number of pyridine rings is 1. The van der Waals surface area contributed by atoms with E-state index in [1.807, 2.05) is 12.1 Å². The lowest BCUT2D eigenvalue weighted by Crippen LogP contribution is -2.13. The minimum atomic E-state index is 0.543. The van der Waals surface area contributed by atoms with Gasteiger partial charge in [-0.05, 0) is 25.1 Å². The summed E-state index contributed by atoms with van der Waals surface area (Å²) < 4.78 is 15.9. The number of nitrogens with one attached hydrogen (secondary N) is 1. The van der Waals surface area contributed by atoms with E-state index in [0.29, 0.717) is 19.8 Å². The van der Waals surface area contributed by atoms with Gasteiger partial charge in [0.1, 0.15) is 12.4 Å². The average molecular weight is 268 g/mol. The van der Waals surface area contributed by atoms with Gasteiger partial charge < -0.3 is 19.5 Å². The van der Waals surface area contributed by atoms with Gasteiger partial charge in [-0.15, -0.1) is 0 Å². The van der Waals surface area contributed by atoms with Crippen molar-refractivity contribution in [2.45, 2.75) is 19.9 Å². The van der Waals surface area contributed by atoms with Gasteiger partial charge in [-0.25, -0.2) is 0 Å². The van der Waals surface area contributed by atoms with Gasteiger partial charge in [0, 0.05) is 26.9 Å². The van der Waals surface area contributed by atoms with Crippen molar-refractivity contribution in [1.82, 2.24) is 10.3 Å². The monoisotopic (exact) mass is 268 g/mol. The van der Waals surface area contributed by atoms with Crippen molar-refractivity contribution in [1.29, 1.82) is 0 Å². The molecule has 0 saturated carbocycles. The van der Waals surface area contributed by atoms with Gasteiger partial charge in [-0.1, -0.05) is 6.92 Å². The van der Waals surface area contributed by atoms with E-state index in [1.165, 1.54) is 0 Å². The normalized spacial score (nSPS) is 10.6. The van der Waals surface area contributed by atoms with Crippen molar-refractivity contribution in [2.24, 2.45) is 0 Å². The highest BCUT2D eigenvalue weighted by Crippen LogP contribution is 2.08. The third-order valence-electron chi connectivity index (χ3n) is 2.49. The molecule has 1 heterocycles. The fourth-order valence-corrected chi connectivity index (χ4v) is 1.48. The van der Waals surface area contributed by atoms with E-state index in [4.69, 9.17) is 14.2 Å². The lowest BCUT2D eigenvalue weighted by Gasteiger charge is -2.07. The highest BCUT2D eigenvalue weighted by molar-refractivity contribution is 5.19. The minimum absolute atomic E-state index is 0.543. The topological polar surface area (TPSA) is 52.6 Å². The summed E-state index contributed by atoms with van der Waals surface area (Å²) in [6.07, 6.45) is 2.66. The summed E-state index contributed by atoms with van der Waals surface area (Å²) in [6, 6.07) is 3.90. The number of hydrogen-bond acceptors (Lipinski definition) is 5. The smallest absolute Gasteiger partial charge is 0.137 e. The Balaban J connectivity index is 2.09. The molecule has 1 N–H and O–H groups in total. The summed E-state index contributed by atoms with van der Waals surface area (Å²) in [5.74, 6) is 0.778. The van der Waals surface area contributed by atoms with Crippen LogP contribution < -0.4 is 10.1 Å². The van der Waals surface area contributed by atoms with Crippen LogP contribution in [0.1, 0.15) is 19.0 Å². The van der Waals surface area contributed by atoms with E-state index in [0.717, 1.165) is 37.6 Å². The number of aromatic nitrogens is 1. The molecule has 0 aliphatic rings. The average Bonchev–Trinajstić information content (AvgIpc) is 2.45. The molecule has 0 unspecified atom stereocenters. The standard InChI is InChI=1S/C14H24N2O3/c1-3-15-11-13-5-6-14(12-16-13)19-10-9-18-8-4-7-17-2/h5-6,12,15H,3-4,7-11H2,1-2H3. The summed E-state index contributed by atoms with van der Waals surface area (Å²) in [6.45, 7) is 6.38. The van der Waals surface area contributed by atoms with E-state index in [2.05, 4.69) is 17.2 Å². The summed E-state index contributed by atoms with van der Waals surface area (Å²) in [4.78, 5) is 4.31. The van der Waals surface area contributed by atoms with E-state index in [1.54, 1.807) is 13.3 Å². The molecule has 5 nitrogen and oxygen atoms in total. The molecule has 0 aliphatic carbocycles. The van der Waals surface area contributed by atoms with Crippen LogP contribution in [0.25, 0.3) is 0 Å². The third kappa shape index (κ3) is 7.77. The molecule has 0 atom stereocenters. The molecule has 0 fully saturated rings. The summed E-state index contributed by atoms with van der Waals surface area (Å²) >= 11 is 0. The first-order valence-electron chi connectivity index (χ1n) is 6.72. The van der Waals surface area contributed by atoms with Crippen molar-refractivity contribution in [3.8, 4) is 5.75 Å². The maximum atomic E-state index is 5.53. The summed E-state index contributed by atoms with van der Waals surface area (Å²) in [5, 5.41) is 3.23. The maximum absolute atomic E-state index is 5.53. The van der Waals surface area contributed by atoms with Gasteiger partial charge in [-0.2, -0.15) is 0 Å². The van der Waals surface area contributed by atoms with Crippen LogP contribution in [0.4, 0.5) is 0 Å². The quantitative estimate of drug-likeness (QED) is 0.618. The molecule has 0 bridgehead atoms. The highest BCUT2D eigenvalue weighted by Gasteiger charge is 1.97. The van der Waals surface area contributed by atoms with Crippen molar-refractivity contribution < 1.29 is 14.2 Å². The summed E-state index contributed by atoms with van der Waals surface area (Å²) in [7, 11) is 1.69. The summed E-state index contributed by atoms with van der Waals surface area (Å²) in [5.41, 5.74) is 1.02. The van der Waals surface area contributed by atoms with Crippen LogP contribution >= 0.6 is 0 Å². The van der Waals surface area contributed by atoms with Crippen LogP contribution in [-0.2, 0) is 16.0 Å². The molecular formula is C14H24N2O3.